The van der Waals surface area contributed by atoms with Gasteiger partial charge >= 0.3 is 0 Å². The highest BCUT2D eigenvalue weighted by molar-refractivity contribution is 5.27. The van der Waals surface area contributed by atoms with Gasteiger partial charge in [0.05, 0.1) is 6.61 Å². The molecule has 3 heteroatoms. The van der Waals surface area contributed by atoms with Gasteiger partial charge in [0.15, 0.2) is 0 Å². The lowest BCUT2D eigenvalue weighted by Gasteiger charge is -2.09. The van der Waals surface area contributed by atoms with Crippen LogP contribution in [-0.4, -0.2) is 6.61 Å². The first-order valence-electron chi connectivity index (χ1n) is 6.18. The van der Waals surface area contributed by atoms with E-state index in [9.17, 15) is 4.39 Å². The van der Waals surface area contributed by atoms with E-state index in [1.165, 1.54) is 12.1 Å². The van der Waals surface area contributed by atoms with Crippen molar-refractivity contribution in [2.75, 3.05) is 6.61 Å². The van der Waals surface area contributed by atoms with Crippen LogP contribution in [0, 0.1) is 11.7 Å². The molecule has 0 bridgehead atoms. The highest BCUT2D eigenvalue weighted by atomic mass is 19.1. The summed E-state index contributed by atoms with van der Waals surface area (Å²) in [6.45, 7) is 5.98. The molecule has 0 aliphatic heterocycles. The Labute approximate surface area is 103 Å². The molecule has 2 N–H and O–H groups in total. The molecule has 0 saturated heterocycles. The highest BCUT2D eigenvalue weighted by Crippen LogP contribution is 2.13. The second kappa shape index (κ2) is 7.41. The lowest BCUT2D eigenvalue weighted by atomic mass is 10.1. The first kappa shape index (κ1) is 14.1. The van der Waals surface area contributed by atoms with Gasteiger partial charge in [-0.15, -0.1) is 0 Å². The van der Waals surface area contributed by atoms with Gasteiger partial charge in [-0.05, 0) is 42.0 Å². The van der Waals surface area contributed by atoms with Crippen LogP contribution in [0.4, 0.5) is 4.39 Å². The third-order valence-corrected chi connectivity index (χ3v) is 2.72. The number of rotatable bonds is 7. The zero-order valence-electron chi connectivity index (χ0n) is 10.7. The Morgan fingerprint density at radius 2 is 2.06 bits per heavy atom. The molecule has 1 aromatic carbocycles. The zero-order chi connectivity index (χ0) is 12.7. The van der Waals surface area contributed by atoms with Gasteiger partial charge in [-0.3, -0.25) is 0 Å². The average molecular weight is 239 g/mol. The average Bonchev–Trinajstić information content (AvgIpc) is 2.28. The molecule has 1 rings (SSSR count). The molecule has 0 saturated carbocycles. The van der Waals surface area contributed by atoms with Crippen LogP contribution in [0.25, 0.3) is 0 Å². The molecule has 0 aliphatic rings. The maximum absolute atomic E-state index is 13.1. The first-order valence-corrected chi connectivity index (χ1v) is 6.18. The van der Waals surface area contributed by atoms with E-state index in [-0.39, 0.29) is 5.82 Å². The number of ether oxygens (including phenoxy) is 1. The summed E-state index contributed by atoms with van der Waals surface area (Å²) < 4.78 is 18.6. The number of halogens is 1. The summed E-state index contributed by atoms with van der Waals surface area (Å²) in [5.74, 6) is 0.468. The fraction of sp³-hybridized carbons (Fsp3) is 0.571. The minimum Gasteiger partial charge on any atom is -0.377 e. The Kier molecular flexibility index (Phi) is 6.16. The van der Waals surface area contributed by atoms with Gasteiger partial charge < -0.3 is 10.5 Å². The smallest absolute Gasteiger partial charge is 0.123 e. The normalized spacial score (nSPS) is 11.1. The van der Waals surface area contributed by atoms with Gasteiger partial charge in [0.25, 0.3) is 0 Å². The van der Waals surface area contributed by atoms with E-state index in [4.69, 9.17) is 10.5 Å². The van der Waals surface area contributed by atoms with Crippen LogP contribution in [0.15, 0.2) is 18.2 Å². The molecular weight excluding hydrogens is 217 g/mol. The predicted molar refractivity (Wildman–Crippen MR) is 68.0 cm³/mol. The summed E-state index contributed by atoms with van der Waals surface area (Å²) in [4.78, 5) is 0. The Bertz CT molecular complexity index is 339. The molecule has 0 unspecified atom stereocenters. The van der Waals surface area contributed by atoms with E-state index in [1.807, 2.05) is 0 Å². The van der Waals surface area contributed by atoms with Crippen molar-refractivity contribution >= 4 is 0 Å². The highest BCUT2D eigenvalue weighted by Gasteiger charge is 2.03. The fourth-order valence-corrected chi connectivity index (χ4v) is 1.70. The van der Waals surface area contributed by atoms with E-state index < -0.39 is 0 Å². The summed E-state index contributed by atoms with van der Waals surface area (Å²) in [7, 11) is 0. The molecule has 0 aliphatic carbocycles. The van der Waals surface area contributed by atoms with E-state index in [1.54, 1.807) is 6.07 Å². The van der Waals surface area contributed by atoms with Gasteiger partial charge in [0.2, 0.25) is 0 Å². The van der Waals surface area contributed by atoms with Crippen LogP contribution < -0.4 is 5.73 Å². The summed E-state index contributed by atoms with van der Waals surface area (Å²) in [6, 6.07) is 4.66. The molecule has 96 valence electrons. The van der Waals surface area contributed by atoms with Crippen LogP contribution in [0.3, 0.4) is 0 Å². The Morgan fingerprint density at radius 3 is 2.71 bits per heavy atom. The Balaban J connectivity index is 2.37. The van der Waals surface area contributed by atoms with Gasteiger partial charge in [-0.25, -0.2) is 4.39 Å². The molecule has 17 heavy (non-hydrogen) atoms. The topological polar surface area (TPSA) is 35.2 Å². The van der Waals surface area contributed by atoms with Crippen molar-refractivity contribution in [3.63, 3.8) is 0 Å². The van der Waals surface area contributed by atoms with Crippen molar-refractivity contribution in [3.8, 4) is 0 Å². The summed E-state index contributed by atoms with van der Waals surface area (Å²) in [5, 5.41) is 0. The van der Waals surface area contributed by atoms with Crippen LogP contribution in [-0.2, 0) is 17.9 Å². The molecular formula is C14H22FNO. The first-order chi connectivity index (χ1) is 8.13. The second-order valence-corrected chi connectivity index (χ2v) is 4.71. The maximum atomic E-state index is 13.1. The van der Waals surface area contributed by atoms with Crippen LogP contribution in [0.2, 0.25) is 0 Å². The SMILES string of the molecule is CC(C)CCCOCc1cc(F)ccc1CN. The predicted octanol–water partition coefficient (Wildman–Crippen LogP) is 3.24. The van der Waals surface area contributed by atoms with E-state index in [2.05, 4.69) is 13.8 Å². The van der Waals surface area contributed by atoms with Gasteiger partial charge in [-0.1, -0.05) is 19.9 Å². The molecule has 0 aromatic heterocycles. The van der Waals surface area contributed by atoms with Crippen molar-refractivity contribution in [2.45, 2.75) is 39.8 Å². The van der Waals surface area contributed by atoms with Crippen molar-refractivity contribution in [3.05, 3.63) is 35.1 Å². The van der Waals surface area contributed by atoms with Crippen LogP contribution in [0.1, 0.15) is 37.8 Å². The number of hydrogen-bond acceptors (Lipinski definition) is 2. The van der Waals surface area contributed by atoms with E-state index in [0.29, 0.717) is 19.1 Å². The van der Waals surface area contributed by atoms with E-state index in [0.717, 1.165) is 30.6 Å². The summed E-state index contributed by atoms with van der Waals surface area (Å²) >= 11 is 0. The van der Waals surface area contributed by atoms with Crippen molar-refractivity contribution < 1.29 is 9.13 Å². The monoisotopic (exact) mass is 239 g/mol. The minimum atomic E-state index is -0.233. The zero-order valence-corrected chi connectivity index (χ0v) is 10.7. The largest absolute Gasteiger partial charge is 0.377 e. The molecule has 2 nitrogen and oxygen atoms in total. The summed E-state index contributed by atoms with van der Waals surface area (Å²) in [6.07, 6.45) is 2.21. The molecule has 0 radical (unpaired) electrons. The van der Waals surface area contributed by atoms with Crippen LogP contribution in [0.5, 0.6) is 0 Å². The third kappa shape index (κ3) is 5.29. The van der Waals surface area contributed by atoms with Crippen molar-refractivity contribution in [1.82, 2.24) is 0 Å². The molecule has 0 atom stereocenters. The molecule has 0 spiro atoms. The number of nitrogens with two attached hydrogens (primary N) is 1. The minimum absolute atomic E-state index is 0.233. The molecule has 0 heterocycles. The standard InChI is InChI=1S/C14H22FNO/c1-11(2)4-3-7-17-10-13-8-14(15)6-5-12(13)9-16/h5-6,8,11H,3-4,7,9-10,16H2,1-2H3. The summed E-state index contributed by atoms with van der Waals surface area (Å²) in [5.41, 5.74) is 7.41. The van der Waals surface area contributed by atoms with Gasteiger partial charge in [-0.2, -0.15) is 0 Å². The van der Waals surface area contributed by atoms with Crippen molar-refractivity contribution in [1.29, 1.82) is 0 Å². The Hall–Kier alpha value is -0.930. The molecule has 0 fully saturated rings. The quantitative estimate of drug-likeness (QED) is 0.741. The molecule has 0 amide bonds. The number of benzene rings is 1. The third-order valence-electron chi connectivity index (χ3n) is 2.72. The Morgan fingerprint density at radius 1 is 1.29 bits per heavy atom. The van der Waals surface area contributed by atoms with Crippen LogP contribution >= 0.6 is 0 Å². The van der Waals surface area contributed by atoms with Gasteiger partial charge in [0, 0.05) is 13.2 Å². The van der Waals surface area contributed by atoms with Gasteiger partial charge in [0.1, 0.15) is 5.82 Å². The number of hydrogen-bond donors (Lipinski definition) is 1. The van der Waals surface area contributed by atoms with E-state index >= 15 is 0 Å². The molecule has 1 aromatic rings. The van der Waals surface area contributed by atoms with Crippen molar-refractivity contribution in [2.24, 2.45) is 11.7 Å². The lowest BCUT2D eigenvalue weighted by molar-refractivity contribution is 0.114. The fourth-order valence-electron chi connectivity index (χ4n) is 1.70. The second-order valence-electron chi connectivity index (χ2n) is 4.71. The lowest BCUT2D eigenvalue weighted by Crippen LogP contribution is -2.05. The maximum Gasteiger partial charge on any atom is 0.123 e.